The minimum absolute atomic E-state index is 0.816. The van der Waals surface area contributed by atoms with Gasteiger partial charge >= 0.3 is 0 Å². The molecule has 0 saturated carbocycles. The fourth-order valence-electron chi connectivity index (χ4n) is 2.27. The molecule has 0 spiro atoms. The van der Waals surface area contributed by atoms with Crippen LogP contribution in [0.3, 0.4) is 0 Å². The summed E-state index contributed by atoms with van der Waals surface area (Å²) >= 11 is 0. The predicted molar refractivity (Wildman–Crippen MR) is 84.9 cm³/mol. The number of anilines is 3. The molecule has 1 heterocycles. The first-order valence-corrected chi connectivity index (χ1v) is 6.94. The largest absolute Gasteiger partial charge is 0.373 e. The molecule has 0 bridgehead atoms. The zero-order chi connectivity index (χ0) is 14.7. The summed E-state index contributed by atoms with van der Waals surface area (Å²) in [5.74, 6) is 2.58. The molecule has 20 heavy (non-hydrogen) atoms. The lowest BCUT2D eigenvalue weighted by Crippen LogP contribution is -2.07. The van der Waals surface area contributed by atoms with E-state index in [1.807, 2.05) is 14.0 Å². The molecular formula is C16H22N4. The maximum atomic E-state index is 4.59. The Bertz CT molecular complexity index is 600. The Hall–Kier alpha value is -2.10. The third-order valence-electron chi connectivity index (χ3n) is 3.23. The minimum atomic E-state index is 0.816. The van der Waals surface area contributed by atoms with Crippen molar-refractivity contribution in [2.75, 3.05) is 17.7 Å². The molecule has 2 N–H and O–H groups in total. The molecule has 0 aliphatic carbocycles. The number of aromatic nitrogens is 2. The van der Waals surface area contributed by atoms with E-state index in [4.69, 9.17) is 0 Å². The Kier molecular flexibility index (Phi) is 4.23. The van der Waals surface area contributed by atoms with E-state index in [1.54, 1.807) is 0 Å². The third-order valence-corrected chi connectivity index (χ3v) is 3.23. The van der Waals surface area contributed by atoms with Crippen LogP contribution in [0.5, 0.6) is 0 Å². The molecule has 0 unspecified atom stereocenters. The summed E-state index contributed by atoms with van der Waals surface area (Å²) in [7, 11) is 1.88. The monoisotopic (exact) mass is 270 g/mol. The normalized spacial score (nSPS) is 10.4. The summed E-state index contributed by atoms with van der Waals surface area (Å²) in [6.45, 7) is 8.28. The van der Waals surface area contributed by atoms with E-state index in [9.17, 15) is 0 Å². The number of benzene rings is 1. The summed E-state index contributed by atoms with van der Waals surface area (Å²) < 4.78 is 0. The van der Waals surface area contributed by atoms with E-state index in [0.717, 1.165) is 35.1 Å². The number of aryl methyl sites for hydroxylation is 3. The molecule has 0 radical (unpaired) electrons. The van der Waals surface area contributed by atoms with Gasteiger partial charge in [0.15, 0.2) is 0 Å². The first kappa shape index (κ1) is 14.3. The molecule has 0 saturated heterocycles. The van der Waals surface area contributed by atoms with Gasteiger partial charge in [0, 0.05) is 24.7 Å². The van der Waals surface area contributed by atoms with Crippen LogP contribution >= 0.6 is 0 Å². The molecule has 1 aromatic heterocycles. The van der Waals surface area contributed by atoms with Crippen molar-refractivity contribution >= 4 is 17.3 Å². The quantitative estimate of drug-likeness (QED) is 0.888. The van der Waals surface area contributed by atoms with E-state index in [1.165, 1.54) is 11.1 Å². The second-order valence-electron chi connectivity index (χ2n) is 5.07. The molecule has 1 aromatic carbocycles. The maximum absolute atomic E-state index is 4.59. The van der Waals surface area contributed by atoms with Gasteiger partial charge in [0.05, 0.1) is 0 Å². The zero-order valence-electron chi connectivity index (χ0n) is 12.8. The fraction of sp³-hybridized carbons (Fsp3) is 0.375. The topological polar surface area (TPSA) is 49.8 Å². The van der Waals surface area contributed by atoms with Crippen LogP contribution in [0.4, 0.5) is 17.3 Å². The highest BCUT2D eigenvalue weighted by Crippen LogP contribution is 2.24. The lowest BCUT2D eigenvalue weighted by molar-refractivity contribution is 0.935. The summed E-state index contributed by atoms with van der Waals surface area (Å²) in [6.07, 6.45) is 0.816. The minimum Gasteiger partial charge on any atom is -0.373 e. The average molecular weight is 270 g/mol. The zero-order valence-corrected chi connectivity index (χ0v) is 12.8. The Labute approximate surface area is 120 Å². The Morgan fingerprint density at radius 1 is 0.950 bits per heavy atom. The van der Waals surface area contributed by atoms with Crippen LogP contribution in [-0.2, 0) is 6.42 Å². The van der Waals surface area contributed by atoms with Gasteiger partial charge in [-0.05, 0) is 44.0 Å². The molecule has 106 valence electrons. The van der Waals surface area contributed by atoms with E-state index < -0.39 is 0 Å². The maximum Gasteiger partial charge on any atom is 0.139 e. The van der Waals surface area contributed by atoms with E-state index in [2.05, 4.69) is 59.6 Å². The molecule has 2 rings (SSSR count). The second-order valence-corrected chi connectivity index (χ2v) is 5.07. The van der Waals surface area contributed by atoms with Gasteiger partial charge in [-0.3, -0.25) is 0 Å². The van der Waals surface area contributed by atoms with E-state index in [-0.39, 0.29) is 0 Å². The summed E-state index contributed by atoms with van der Waals surface area (Å²) in [5.41, 5.74) is 4.57. The molecule has 0 aliphatic heterocycles. The first-order chi connectivity index (χ1) is 9.53. The van der Waals surface area contributed by atoms with Crippen molar-refractivity contribution in [1.82, 2.24) is 9.97 Å². The van der Waals surface area contributed by atoms with Crippen molar-refractivity contribution in [3.63, 3.8) is 0 Å². The SMILES string of the molecule is CCc1nc(NC)c(C)c(Nc2cc(C)cc(C)c2)n1. The molecule has 4 heteroatoms. The number of rotatable bonds is 4. The van der Waals surface area contributed by atoms with Crippen LogP contribution in [0, 0.1) is 20.8 Å². The summed E-state index contributed by atoms with van der Waals surface area (Å²) in [4.78, 5) is 9.08. The van der Waals surface area contributed by atoms with Crippen molar-refractivity contribution in [2.45, 2.75) is 34.1 Å². The predicted octanol–water partition coefficient (Wildman–Crippen LogP) is 3.75. The number of nitrogens with one attached hydrogen (secondary N) is 2. The van der Waals surface area contributed by atoms with Crippen LogP contribution < -0.4 is 10.6 Å². The molecule has 2 aromatic rings. The van der Waals surface area contributed by atoms with Gasteiger partial charge < -0.3 is 10.6 Å². The molecule has 0 aliphatic rings. The molecule has 4 nitrogen and oxygen atoms in total. The lowest BCUT2D eigenvalue weighted by atomic mass is 10.1. The highest BCUT2D eigenvalue weighted by atomic mass is 15.1. The summed E-state index contributed by atoms with van der Waals surface area (Å²) in [6, 6.07) is 6.41. The molecular weight excluding hydrogens is 248 g/mol. The van der Waals surface area contributed by atoms with Crippen molar-refractivity contribution in [1.29, 1.82) is 0 Å². The highest BCUT2D eigenvalue weighted by molar-refractivity contribution is 5.65. The number of hydrogen-bond acceptors (Lipinski definition) is 4. The van der Waals surface area contributed by atoms with Gasteiger partial charge in [0.2, 0.25) is 0 Å². The van der Waals surface area contributed by atoms with Crippen LogP contribution in [0.25, 0.3) is 0 Å². The average Bonchev–Trinajstić information content (AvgIpc) is 2.40. The third kappa shape index (κ3) is 3.07. The second kappa shape index (κ2) is 5.90. The van der Waals surface area contributed by atoms with Gasteiger partial charge in [0.25, 0.3) is 0 Å². The fourth-order valence-corrected chi connectivity index (χ4v) is 2.27. The standard InChI is InChI=1S/C16H22N4/c1-6-14-19-15(17-5)12(4)16(20-14)18-13-8-10(2)7-11(3)9-13/h7-9H,6H2,1-5H3,(H2,17,18,19,20). The molecule has 0 atom stereocenters. The number of hydrogen-bond donors (Lipinski definition) is 2. The van der Waals surface area contributed by atoms with Crippen LogP contribution in [0.15, 0.2) is 18.2 Å². The van der Waals surface area contributed by atoms with E-state index >= 15 is 0 Å². The highest BCUT2D eigenvalue weighted by Gasteiger charge is 2.09. The molecule has 0 fully saturated rings. The molecule has 0 amide bonds. The van der Waals surface area contributed by atoms with Crippen molar-refractivity contribution in [3.05, 3.63) is 40.7 Å². The van der Waals surface area contributed by atoms with Gasteiger partial charge in [-0.1, -0.05) is 13.0 Å². The smallest absolute Gasteiger partial charge is 0.139 e. The van der Waals surface area contributed by atoms with Gasteiger partial charge in [-0.15, -0.1) is 0 Å². The Morgan fingerprint density at radius 3 is 2.10 bits per heavy atom. The number of nitrogens with zero attached hydrogens (tertiary/aromatic N) is 2. The Morgan fingerprint density at radius 2 is 1.55 bits per heavy atom. The van der Waals surface area contributed by atoms with Crippen LogP contribution in [-0.4, -0.2) is 17.0 Å². The summed E-state index contributed by atoms with van der Waals surface area (Å²) in [5, 5.41) is 6.54. The lowest BCUT2D eigenvalue weighted by Gasteiger charge is -2.14. The van der Waals surface area contributed by atoms with Gasteiger partial charge in [-0.25, -0.2) is 9.97 Å². The van der Waals surface area contributed by atoms with Gasteiger partial charge in [0.1, 0.15) is 17.5 Å². The van der Waals surface area contributed by atoms with Crippen molar-refractivity contribution < 1.29 is 0 Å². The van der Waals surface area contributed by atoms with E-state index in [0.29, 0.717) is 0 Å². The Balaban J connectivity index is 2.41. The van der Waals surface area contributed by atoms with Crippen molar-refractivity contribution in [2.24, 2.45) is 0 Å². The van der Waals surface area contributed by atoms with Crippen molar-refractivity contribution in [3.8, 4) is 0 Å². The van der Waals surface area contributed by atoms with Gasteiger partial charge in [-0.2, -0.15) is 0 Å². The first-order valence-electron chi connectivity index (χ1n) is 6.94. The van der Waals surface area contributed by atoms with Crippen LogP contribution in [0.2, 0.25) is 0 Å². The van der Waals surface area contributed by atoms with Crippen LogP contribution in [0.1, 0.15) is 29.4 Å².